The molecule has 0 unspecified atom stereocenters. The molecular formula is C14H30O5S. The molecule has 2 N–H and O–H groups in total. The molecule has 0 saturated carbocycles. The van der Waals surface area contributed by atoms with Gasteiger partial charge in [-0.3, -0.25) is 9.35 Å². The summed E-state index contributed by atoms with van der Waals surface area (Å²) in [6, 6.07) is 0. The summed E-state index contributed by atoms with van der Waals surface area (Å²) in [6.07, 6.45) is 11.7. The highest BCUT2D eigenvalue weighted by atomic mass is 32.2. The number of hydrogen-bond acceptors (Lipinski definition) is 3. The highest BCUT2D eigenvalue weighted by molar-refractivity contribution is 7.85. The fraction of sp³-hybridized carbons (Fsp3) is 0.929. The minimum Gasteiger partial charge on any atom is -0.481 e. The lowest BCUT2D eigenvalue weighted by Gasteiger charge is -2.01. The average molecular weight is 310 g/mol. The van der Waals surface area contributed by atoms with E-state index in [1.54, 1.807) is 0 Å². The van der Waals surface area contributed by atoms with Gasteiger partial charge in [0.15, 0.2) is 0 Å². The molecule has 0 aliphatic rings. The van der Waals surface area contributed by atoms with Gasteiger partial charge in [-0.25, -0.2) is 0 Å². The Balaban J connectivity index is 0. The van der Waals surface area contributed by atoms with Gasteiger partial charge in [0.25, 0.3) is 16.1 Å². The molecule has 0 aliphatic heterocycles. The van der Waals surface area contributed by atoms with Gasteiger partial charge in [-0.15, -0.1) is 0 Å². The maximum Gasteiger partial charge on any atom is 0.300 e. The van der Waals surface area contributed by atoms with E-state index in [1.807, 2.05) is 0 Å². The van der Waals surface area contributed by atoms with Crippen LogP contribution >= 0.6 is 0 Å². The molecule has 0 spiro atoms. The zero-order chi connectivity index (χ0) is 15.9. The molecule has 0 heterocycles. The van der Waals surface area contributed by atoms with E-state index in [2.05, 4.69) is 6.92 Å². The number of carboxylic acid groups (broad SMARTS) is 1. The van der Waals surface area contributed by atoms with Gasteiger partial charge in [-0.1, -0.05) is 64.7 Å². The van der Waals surface area contributed by atoms with E-state index in [4.69, 9.17) is 14.5 Å². The van der Waals surface area contributed by atoms with Crippen LogP contribution in [0.25, 0.3) is 0 Å². The van der Waals surface area contributed by atoms with Crippen molar-refractivity contribution in [2.75, 3.05) is 5.75 Å². The van der Waals surface area contributed by atoms with Crippen molar-refractivity contribution >= 4 is 16.1 Å². The van der Waals surface area contributed by atoms with Gasteiger partial charge >= 0.3 is 0 Å². The van der Waals surface area contributed by atoms with Crippen LogP contribution in [0.5, 0.6) is 0 Å². The van der Waals surface area contributed by atoms with Gasteiger partial charge in [0.1, 0.15) is 0 Å². The van der Waals surface area contributed by atoms with E-state index in [0.717, 1.165) is 19.8 Å². The molecule has 0 aliphatic carbocycles. The van der Waals surface area contributed by atoms with Gasteiger partial charge in [0, 0.05) is 6.92 Å². The number of carboxylic acids is 1. The summed E-state index contributed by atoms with van der Waals surface area (Å²) in [6.45, 7) is 3.30. The lowest BCUT2D eigenvalue weighted by molar-refractivity contribution is -0.134. The molecule has 0 fully saturated rings. The number of rotatable bonds is 11. The van der Waals surface area contributed by atoms with Gasteiger partial charge in [-0.05, 0) is 6.42 Å². The SMILES string of the molecule is CC(=O)O.CCCCCCCCCCCCS(=O)(=O)O. The van der Waals surface area contributed by atoms with E-state index in [1.165, 1.54) is 44.9 Å². The Labute approximate surface area is 123 Å². The van der Waals surface area contributed by atoms with E-state index in [9.17, 15) is 8.42 Å². The van der Waals surface area contributed by atoms with Crippen molar-refractivity contribution in [3.8, 4) is 0 Å². The summed E-state index contributed by atoms with van der Waals surface area (Å²) in [5.41, 5.74) is 0. The Kier molecular flexibility index (Phi) is 16.0. The summed E-state index contributed by atoms with van der Waals surface area (Å²) in [4.78, 5) is 9.00. The second-order valence-corrected chi connectivity index (χ2v) is 6.56. The maximum absolute atomic E-state index is 10.4. The fourth-order valence-corrected chi connectivity index (χ4v) is 2.34. The lowest BCUT2D eigenvalue weighted by atomic mass is 10.1. The number of hydrogen-bond donors (Lipinski definition) is 2. The summed E-state index contributed by atoms with van der Waals surface area (Å²) >= 11 is 0. The van der Waals surface area contributed by atoms with E-state index in [-0.39, 0.29) is 5.75 Å². The van der Waals surface area contributed by atoms with Gasteiger partial charge in [-0.2, -0.15) is 8.42 Å². The van der Waals surface area contributed by atoms with Crippen molar-refractivity contribution in [1.82, 2.24) is 0 Å². The van der Waals surface area contributed by atoms with Crippen LogP contribution in [0.2, 0.25) is 0 Å². The average Bonchev–Trinajstić information content (AvgIpc) is 2.29. The standard InChI is InChI=1S/C12H26O3S.C2H4O2/c1-2-3-4-5-6-7-8-9-10-11-12-16(13,14)15;1-2(3)4/h2-12H2,1H3,(H,13,14,15);1H3,(H,3,4). The van der Waals surface area contributed by atoms with E-state index < -0.39 is 16.1 Å². The molecule has 0 radical (unpaired) electrons. The quantitative estimate of drug-likeness (QED) is 0.446. The molecule has 5 nitrogen and oxygen atoms in total. The second-order valence-electron chi connectivity index (χ2n) is 4.99. The first-order valence-corrected chi connectivity index (χ1v) is 9.05. The van der Waals surface area contributed by atoms with Crippen LogP contribution in [0.4, 0.5) is 0 Å². The number of carbonyl (C=O) groups is 1. The molecule has 6 heteroatoms. The number of unbranched alkanes of at least 4 members (excludes halogenated alkanes) is 9. The first kappa shape index (κ1) is 21.7. The fourth-order valence-electron chi connectivity index (χ4n) is 1.77. The van der Waals surface area contributed by atoms with Crippen molar-refractivity contribution < 1.29 is 22.9 Å². The zero-order valence-corrected chi connectivity index (χ0v) is 13.6. The van der Waals surface area contributed by atoms with E-state index in [0.29, 0.717) is 6.42 Å². The predicted molar refractivity (Wildman–Crippen MR) is 81.6 cm³/mol. The largest absolute Gasteiger partial charge is 0.481 e. The molecule has 20 heavy (non-hydrogen) atoms. The highest BCUT2D eigenvalue weighted by Gasteiger charge is 2.02. The third-order valence-corrected chi connectivity index (χ3v) is 3.56. The van der Waals surface area contributed by atoms with Crippen LogP contribution in [-0.4, -0.2) is 29.8 Å². The van der Waals surface area contributed by atoms with Crippen molar-refractivity contribution in [2.45, 2.75) is 78.1 Å². The molecule has 122 valence electrons. The Hall–Kier alpha value is -0.620. The molecule has 0 amide bonds. The minimum atomic E-state index is -3.73. The van der Waals surface area contributed by atoms with Crippen LogP contribution in [0, 0.1) is 0 Å². The molecule has 0 aromatic carbocycles. The first-order chi connectivity index (χ1) is 9.29. The summed E-state index contributed by atoms with van der Waals surface area (Å²) in [5, 5.41) is 7.42. The Morgan fingerprint density at radius 1 is 0.850 bits per heavy atom. The molecule has 0 rings (SSSR count). The summed E-state index contributed by atoms with van der Waals surface area (Å²) in [7, 11) is -3.73. The molecular weight excluding hydrogens is 280 g/mol. The van der Waals surface area contributed by atoms with Crippen molar-refractivity contribution in [1.29, 1.82) is 0 Å². The van der Waals surface area contributed by atoms with Crippen LogP contribution in [0.1, 0.15) is 78.1 Å². The summed E-state index contributed by atoms with van der Waals surface area (Å²) in [5.74, 6) is -0.913. The van der Waals surface area contributed by atoms with Crippen LogP contribution < -0.4 is 0 Å². The summed E-state index contributed by atoms with van der Waals surface area (Å²) < 4.78 is 29.4. The molecule has 0 saturated heterocycles. The number of aliphatic carboxylic acids is 1. The topological polar surface area (TPSA) is 91.7 Å². The Morgan fingerprint density at radius 3 is 1.45 bits per heavy atom. The maximum atomic E-state index is 10.4. The molecule has 0 aromatic heterocycles. The van der Waals surface area contributed by atoms with Crippen molar-refractivity contribution in [3.05, 3.63) is 0 Å². The second kappa shape index (κ2) is 14.8. The van der Waals surface area contributed by atoms with Crippen molar-refractivity contribution in [3.63, 3.8) is 0 Å². The van der Waals surface area contributed by atoms with Gasteiger partial charge < -0.3 is 5.11 Å². The lowest BCUT2D eigenvalue weighted by Crippen LogP contribution is -2.03. The highest BCUT2D eigenvalue weighted by Crippen LogP contribution is 2.10. The molecule has 0 bridgehead atoms. The molecule has 0 atom stereocenters. The van der Waals surface area contributed by atoms with Crippen LogP contribution in [0.3, 0.4) is 0 Å². The van der Waals surface area contributed by atoms with Gasteiger partial charge in [0.05, 0.1) is 5.75 Å². The third-order valence-electron chi connectivity index (χ3n) is 2.76. The van der Waals surface area contributed by atoms with Crippen LogP contribution in [-0.2, 0) is 14.9 Å². The smallest absolute Gasteiger partial charge is 0.300 e. The minimum absolute atomic E-state index is 0.0799. The van der Waals surface area contributed by atoms with Gasteiger partial charge in [0.2, 0.25) is 0 Å². The Morgan fingerprint density at radius 2 is 1.15 bits per heavy atom. The molecule has 0 aromatic rings. The monoisotopic (exact) mass is 310 g/mol. The van der Waals surface area contributed by atoms with Crippen LogP contribution in [0.15, 0.2) is 0 Å². The van der Waals surface area contributed by atoms with E-state index >= 15 is 0 Å². The first-order valence-electron chi connectivity index (χ1n) is 7.44. The third kappa shape index (κ3) is 30.4. The van der Waals surface area contributed by atoms with Crippen molar-refractivity contribution in [2.24, 2.45) is 0 Å². The normalized spacial score (nSPS) is 10.8. The Bertz CT molecular complexity index is 308. The predicted octanol–water partition coefficient (Wildman–Crippen LogP) is 3.89. The zero-order valence-electron chi connectivity index (χ0n) is 12.8.